The van der Waals surface area contributed by atoms with E-state index in [1.54, 1.807) is 12.3 Å². The second-order valence-electron chi connectivity index (χ2n) is 4.18. The zero-order valence-corrected chi connectivity index (χ0v) is 10.4. The van der Waals surface area contributed by atoms with Crippen LogP contribution in [0.3, 0.4) is 0 Å². The van der Waals surface area contributed by atoms with Gasteiger partial charge >= 0.3 is 5.35 Å². The van der Waals surface area contributed by atoms with Gasteiger partial charge in [-0.1, -0.05) is 29.2 Å². The van der Waals surface area contributed by atoms with Gasteiger partial charge < -0.3 is 4.52 Å². The molecule has 0 bridgehead atoms. The lowest BCUT2D eigenvalue weighted by Gasteiger charge is -2.39. The summed E-state index contributed by atoms with van der Waals surface area (Å²) < 4.78 is 4.85. The predicted molar refractivity (Wildman–Crippen MR) is 63.2 cm³/mol. The molecule has 0 atom stereocenters. The van der Waals surface area contributed by atoms with E-state index in [4.69, 9.17) is 27.7 Å². The SMILES string of the molecule is Clc1ccc(C2(c3noc(Cl)n3)CCC2)cn1. The molecule has 2 aromatic heterocycles. The Bertz CT molecular complexity index is 534. The van der Waals surface area contributed by atoms with E-state index in [0.717, 1.165) is 24.8 Å². The molecule has 0 aromatic carbocycles. The topological polar surface area (TPSA) is 51.8 Å². The van der Waals surface area contributed by atoms with Gasteiger partial charge in [0.1, 0.15) is 5.15 Å². The first-order chi connectivity index (χ1) is 8.21. The van der Waals surface area contributed by atoms with Crippen LogP contribution in [0.1, 0.15) is 30.7 Å². The second kappa shape index (κ2) is 3.96. The molecule has 2 heterocycles. The van der Waals surface area contributed by atoms with Crippen molar-refractivity contribution in [1.82, 2.24) is 15.1 Å². The number of nitrogens with zero attached hydrogens (tertiary/aromatic N) is 3. The second-order valence-corrected chi connectivity index (χ2v) is 4.89. The Kier molecular flexibility index (Phi) is 2.56. The first-order valence-corrected chi connectivity index (χ1v) is 6.08. The molecule has 0 aliphatic heterocycles. The van der Waals surface area contributed by atoms with Gasteiger partial charge in [-0.25, -0.2) is 4.98 Å². The summed E-state index contributed by atoms with van der Waals surface area (Å²) in [6.07, 6.45) is 4.86. The molecule has 4 nitrogen and oxygen atoms in total. The monoisotopic (exact) mass is 269 g/mol. The fourth-order valence-corrected chi connectivity index (χ4v) is 2.46. The molecular weight excluding hydrogens is 261 g/mol. The van der Waals surface area contributed by atoms with Crippen LogP contribution in [-0.4, -0.2) is 15.1 Å². The van der Waals surface area contributed by atoms with Crippen molar-refractivity contribution in [2.45, 2.75) is 24.7 Å². The summed E-state index contributed by atoms with van der Waals surface area (Å²) in [5, 5.41) is 4.49. The molecule has 0 amide bonds. The van der Waals surface area contributed by atoms with Crippen molar-refractivity contribution < 1.29 is 4.52 Å². The van der Waals surface area contributed by atoms with E-state index in [0.29, 0.717) is 11.0 Å². The quantitative estimate of drug-likeness (QED) is 0.786. The fraction of sp³-hybridized carbons (Fsp3) is 0.364. The van der Waals surface area contributed by atoms with Gasteiger partial charge in [0.2, 0.25) is 0 Å². The third-order valence-corrected chi connectivity index (χ3v) is 3.69. The number of aromatic nitrogens is 3. The molecule has 1 saturated carbocycles. The predicted octanol–water partition coefficient (Wildman–Crippen LogP) is 3.24. The van der Waals surface area contributed by atoms with E-state index in [1.807, 2.05) is 6.07 Å². The van der Waals surface area contributed by atoms with Gasteiger partial charge in [-0.05, 0) is 36.1 Å². The molecule has 0 spiro atoms. The summed E-state index contributed by atoms with van der Waals surface area (Å²) in [6.45, 7) is 0. The molecular formula is C11H9Cl2N3O. The Morgan fingerprint density at radius 2 is 2.06 bits per heavy atom. The Morgan fingerprint density at radius 3 is 2.53 bits per heavy atom. The van der Waals surface area contributed by atoms with Crippen molar-refractivity contribution in [3.8, 4) is 0 Å². The fourth-order valence-electron chi connectivity index (χ4n) is 2.23. The van der Waals surface area contributed by atoms with Gasteiger partial charge in [0.05, 0.1) is 5.41 Å². The van der Waals surface area contributed by atoms with Crippen LogP contribution in [-0.2, 0) is 5.41 Å². The van der Waals surface area contributed by atoms with Crippen molar-refractivity contribution >= 4 is 23.2 Å². The average Bonchev–Trinajstić information content (AvgIpc) is 2.67. The third-order valence-electron chi connectivity index (χ3n) is 3.32. The summed E-state index contributed by atoms with van der Waals surface area (Å²) in [5.74, 6) is 0.637. The van der Waals surface area contributed by atoms with Crippen LogP contribution in [0.25, 0.3) is 0 Å². The molecule has 3 rings (SSSR count). The number of hydrogen-bond acceptors (Lipinski definition) is 4. The smallest absolute Gasteiger partial charge is 0.320 e. The highest BCUT2D eigenvalue weighted by atomic mass is 35.5. The van der Waals surface area contributed by atoms with Crippen LogP contribution in [0.5, 0.6) is 0 Å². The maximum Gasteiger partial charge on any atom is 0.320 e. The van der Waals surface area contributed by atoms with Gasteiger partial charge in [0.15, 0.2) is 5.82 Å². The van der Waals surface area contributed by atoms with Crippen molar-refractivity contribution in [3.05, 3.63) is 40.2 Å². The molecule has 88 valence electrons. The lowest BCUT2D eigenvalue weighted by molar-refractivity contribution is 0.272. The van der Waals surface area contributed by atoms with Gasteiger partial charge in [0.25, 0.3) is 0 Å². The summed E-state index contributed by atoms with van der Waals surface area (Å²) in [5.41, 5.74) is 0.861. The van der Waals surface area contributed by atoms with E-state index in [1.165, 1.54) is 0 Å². The minimum Gasteiger partial charge on any atom is -0.321 e. The van der Waals surface area contributed by atoms with Crippen LogP contribution in [0.15, 0.2) is 22.9 Å². The standard InChI is InChI=1S/C11H9Cl2N3O/c12-8-3-2-7(6-14-8)11(4-1-5-11)9-15-10(13)17-16-9/h2-3,6H,1,4-5H2. The lowest BCUT2D eigenvalue weighted by atomic mass is 9.64. The molecule has 0 N–H and O–H groups in total. The minimum atomic E-state index is -0.200. The zero-order valence-electron chi connectivity index (χ0n) is 8.86. The van der Waals surface area contributed by atoms with E-state index in [2.05, 4.69) is 15.1 Å². The summed E-state index contributed by atoms with van der Waals surface area (Å²) in [7, 11) is 0. The number of halogens is 2. The lowest BCUT2D eigenvalue weighted by Crippen LogP contribution is -2.36. The molecule has 1 fully saturated rings. The molecule has 0 radical (unpaired) electrons. The van der Waals surface area contributed by atoms with Crippen molar-refractivity contribution in [1.29, 1.82) is 0 Å². The van der Waals surface area contributed by atoms with Crippen LogP contribution in [0.2, 0.25) is 10.5 Å². The van der Waals surface area contributed by atoms with Gasteiger partial charge in [-0.15, -0.1) is 0 Å². The highest BCUT2D eigenvalue weighted by molar-refractivity contribution is 6.29. The summed E-state index contributed by atoms with van der Waals surface area (Å²) in [6, 6.07) is 3.73. The van der Waals surface area contributed by atoms with E-state index >= 15 is 0 Å². The highest BCUT2D eigenvalue weighted by Crippen LogP contribution is 2.47. The maximum atomic E-state index is 5.79. The summed E-state index contributed by atoms with van der Waals surface area (Å²) >= 11 is 11.5. The molecule has 0 unspecified atom stereocenters. The minimum absolute atomic E-state index is 0.0770. The Morgan fingerprint density at radius 1 is 1.24 bits per heavy atom. The Balaban J connectivity index is 2.05. The average molecular weight is 270 g/mol. The third kappa shape index (κ3) is 1.72. The van der Waals surface area contributed by atoms with Gasteiger partial charge in [-0.3, -0.25) is 0 Å². The highest BCUT2D eigenvalue weighted by Gasteiger charge is 2.44. The summed E-state index contributed by atoms with van der Waals surface area (Å²) in [4.78, 5) is 8.24. The molecule has 0 saturated heterocycles. The Labute approximate surface area is 108 Å². The van der Waals surface area contributed by atoms with Crippen molar-refractivity contribution in [2.75, 3.05) is 0 Å². The molecule has 2 aromatic rings. The van der Waals surface area contributed by atoms with Crippen LogP contribution < -0.4 is 0 Å². The Hall–Kier alpha value is -1.13. The van der Waals surface area contributed by atoms with Gasteiger partial charge in [-0.2, -0.15) is 4.98 Å². The zero-order chi connectivity index (χ0) is 11.9. The molecule has 1 aliphatic rings. The number of hydrogen-bond donors (Lipinski definition) is 0. The first-order valence-electron chi connectivity index (χ1n) is 5.32. The van der Waals surface area contributed by atoms with Crippen LogP contribution in [0.4, 0.5) is 0 Å². The number of pyridine rings is 1. The van der Waals surface area contributed by atoms with E-state index < -0.39 is 0 Å². The molecule has 17 heavy (non-hydrogen) atoms. The largest absolute Gasteiger partial charge is 0.321 e. The van der Waals surface area contributed by atoms with E-state index in [-0.39, 0.29) is 10.8 Å². The normalized spacial score (nSPS) is 17.8. The number of rotatable bonds is 2. The van der Waals surface area contributed by atoms with Crippen molar-refractivity contribution in [3.63, 3.8) is 0 Å². The first kappa shape index (κ1) is 11.0. The van der Waals surface area contributed by atoms with E-state index in [9.17, 15) is 0 Å². The van der Waals surface area contributed by atoms with Crippen molar-refractivity contribution in [2.24, 2.45) is 0 Å². The van der Waals surface area contributed by atoms with Crippen LogP contribution >= 0.6 is 23.2 Å². The van der Waals surface area contributed by atoms with Crippen LogP contribution in [0, 0.1) is 0 Å². The van der Waals surface area contributed by atoms with Gasteiger partial charge in [0, 0.05) is 6.20 Å². The molecule has 6 heteroatoms. The molecule has 1 aliphatic carbocycles. The maximum absolute atomic E-state index is 5.79.